The molecule has 2 aliphatic heterocycles. The first-order valence-corrected chi connectivity index (χ1v) is 13.6. The Morgan fingerprint density at radius 2 is 1.77 bits per heavy atom. The lowest BCUT2D eigenvalue weighted by Gasteiger charge is -2.29. The Bertz CT molecular complexity index is 1160. The number of pyridine rings is 1. The van der Waals surface area contributed by atoms with Crippen molar-refractivity contribution in [1.29, 1.82) is 0 Å². The average molecular weight is 547 g/mol. The number of halogens is 3. The van der Waals surface area contributed by atoms with Gasteiger partial charge in [0, 0.05) is 37.3 Å². The van der Waals surface area contributed by atoms with Gasteiger partial charge in [0.15, 0.2) is 0 Å². The third-order valence-electron chi connectivity index (χ3n) is 7.03. The highest BCUT2D eigenvalue weighted by Crippen LogP contribution is 2.30. The standard InChI is InChI=1S/C14H14N2O3.C13H17F3N2.C2H6/c1-8-2-3-10-9(6-8)7-16(14(10)19)11-4-5-12(17)15-13(11)18;14-13(15,16)12-10(5-4-8-17-12)9-18-11-6-2-1-3-7-11;1-2/h2-3,6,11H,4-5,7H2,1H3,(H,15,17,18);4-5,8,11,18H,1-3,6-7,9H2;1-2H3. The van der Waals surface area contributed by atoms with Gasteiger partial charge >= 0.3 is 6.18 Å². The molecule has 3 aliphatic rings. The van der Waals surface area contributed by atoms with E-state index in [2.05, 4.69) is 15.6 Å². The number of hydrogen-bond donors (Lipinski definition) is 2. The van der Waals surface area contributed by atoms with Crippen LogP contribution in [0.3, 0.4) is 0 Å². The zero-order valence-electron chi connectivity index (χ0n) is 22.7. The maximum atomic E-state index is 12.7. The predicted octanol–water partition coefficient (Wildman–Crippen LogP) is 5.30. The Morgan fingerprint density at radius 3 is 2.44 bits per heavy atom. The molecule has 5 rings (SSSR count). The van der Waals surface area contributed by atoms with E-state index in [0.717, 1.165) is 36.8 Å². The van der Waals surface area contributed by atoms with Gasteiger partial charge in [-0.25, -0.2) is 0 Å². The second-order valence-electron chi connectivity index (χ2n) is 9.79. The molecule has 1 saturated heterocycles. The van der Waals surface area contributed by atoms with Crippen molar-refractivity contribution >= 4 is 17.7 Å². The summed E-state index contributed by atoms with van der Waals surface area (Å²) in [7, 11) is 0. The number of carbonyl (C=O) groups excluding carboxylic acids is 3. The minimum Gasteiger partial charge on any atom is -0.322 e. The molecule has 3 amide bonds. The van der Waals surface area contributed by atoms with Gasteiger partial charge in [-0.3, -0.25) is 24.7 Å². The summed E-state index contributed by atoms with van der Waals surface area (Å²) in [5.74, 6) is -0.750. The van der Waals surface area contributed by atoms with Crippen LogP contribution in [0.15, 0.2) is 36.5 Å². The maximum absolute atomic E-state index is 12.7. The molecule has 1 unspecified atom stereocenters. The van der Waals surface area contributed by atoms with Crippen LogP contribution in [0.2, 0.25) is 0 Å². The topological polar surface area (TPSA) is 91.4 Å². The van der Waals surface area contributed by atoms with Crippen molar-refractivity contribution in [2.24, 2.45) is 0 Å². The number of alkyl halides is 3. The molecule has 0 bridgehead atoms. The van der Waals surface area contributed by atoms with Crippen molar-refractivity contribution in [1.82, 2.24) is 20.5 Å². The van der Waals surface area contributed by atoms with Crippen molar-refractivity contribution in [3.63, 3.8) is 0 Å². The first-order valence-electron chi connectivity index (χ1n) is 13.6. The number of carbonyl (C=O) groups is 3. The van der Waals surface area contributed by atoms with E-state index in [4.69, 9.17) is 0 Å². The number of benzene rings is 1. The van der Waals surface area contributed by atoms with Gasteiger partial charge in [0.2, 0.25) is 11.8 Å². The fourth-order valence-electron chi connectivity index (χ4n) is 5.10. The molecule has 0 spiro atoms. The fourth-order valence-corrected chi connectivity index (χ4v) is 5.10. The molecule has 2 fully saturated rings. The number of amides is 3. The Labute approximate surface area is 227 Å². The Morgan fingerprint density at radius 1 is 1.05 bits per heavy atom. The van der Waals surface area contributed by atoms with Crippen LogP contribution >= 0.6 is 0 Å². The summed E-state index contributed by atoms with van der Waals surface area (Å²) in [6.07, 6.45) is 3.19. The molecule has 39 heavy (non-hydrogen) atoms. The molecule has 3 heterocycles. The van der Waals surface area contributed by atoms with Crippen molar-refractivity contribution in [2.75, 3.05) is 0 Å². The molecule has 1 saturated carbocycles. The number of nitrogens with one attached hydrogen (secondary N) is 2. The zero-order valence-corrected chi connectivity index (χ0v) is 22.7. The lowest BCUT2D eigenvalue weighted by atomic mass is 9.95. The van der Waals surface area contributed by atoms with Crippen molar-refractivity contribution < 1.29 is 27.6 Å². The molecule has 2 N–H and O–H groups in total. The van der Waals surface area contributed by atoms with Gasteiger partial charge < -0.3 is 10.2 Å². The van der Waals surface area contributed by atoms with Crippen molar-refractivity contribution in [2.45, 2.75) is 97.1 Å². The summed E-state index contributed by atoms with van der Waals surface area (Å²) in [5.41, 5.74) is 2.17. The van der Waals surface area contributed by atoms with Crippen LogP contribution in [-0.2, 0) is 28.9 Å². The monoisotopic (exact) mass is 546 g/mol. The van der Waals surface area contributed by atoms with E-state index < -0.39 is 17.9 Å². The van der Waals surface area contributed by atoms with E-state index in [0.29, 0.717) is 24.6 Å². The molecule has 2 aromatic rings. The SMILES string of the molecule is CC.Cc1ccc2c(c1)CN(C1CCC(=O)NC1=O)C2=O.FC(F)(F)c1ncccc1CNC1CCCCC1. The van der Waals surface area contributed by atoms with Gasteiger partial charge in [0.25, 0.3) is 5.91 Å². The third kappa shape index (κ3) is 7.88. The van der Waals surface area contributed by atoms with Crippen LogP contribution < -0.4 is 10.6 Å². The van der Waals surface area contributed by atoms with Crippen LogP contribution in [0.25, 0.3) is 0 Å². The average Bonchev–Trinajstić information content (AvgIpc) is 3.24. The number of fused-ring (bicyclic) bond motifs is 1. The van der Waals surface area contributed by atoms with Crippen LogP contribution in [0.1, 0.15) is 91.5 Å². The van der Waals surface area contributed by atoms with E-state index >= 15 is 0 Å². The van der Waals surface area contributed by atoms with E-state index in [9.17, 15) is 27.6 Å². The normalized spacial score (nSPS) is 19.4. The molecule has 0 radical (unpaired) electrons. The summed E-state index contributed by atoms with van der Waals surface area (Å²) in [6.45, 7) is 6.66. The van der Waals surface area contributed by atoms with E-state index in [1.54, 1.807) is 17.0 Å². The largest absolute Gasteiger partial charge is 0.433 e. The Hall–Kier alpha value is -3.27. The zero-order chi connectivity index (χ0) is 28.6. The van der Waals surface area contributed by atoms with Gasteiger partial charge in [0.05, 0.1) is 0 Å². The Balaban J connectivity index is 0.000000203. The number of aryl methyl sites for hydroxylation is 1. The second-order valence-corrected chi connectivity index (χ2v) is 9.79. The summed E-state index contributed by atoms with van der Waals surface area (Å²) in [5, 5.41) is 5.50. The molecular formula is C29H37F3N4O3. The van der Waals surface area contributed by atoms with Crippen LogP contribution in [-0.4, -0.2) is 39.7 Å². The van der Waals surface area contributed by atoms with Gasteiger partial charge in [-0.1, -0.05) is 56.9 Å². The van der Waals surface area contributed by atoms with E-state index in [-0.39, 0.29) is 36.3 Å². The molecule has 1 aromatic heterocycles. The molecule has 10 heteroatoms. The molecule has 1 aromatic carbocycles. The molecular weight excluding hydrogens is 509 g/mol. The highest BCUT2D eigenvalue weighted by molar-refractivity contribution is 6.05. The maximum Gasteiger partial charge on any atom is 0.433 e. The first-order chi connectivity index (χ1) is 18.6. The smallest absolute Gasteiger partial charge is 0.322 e. The van der Waals surface area contributed by atoms with Crippen molar-refractivity contribution in [3.05, 3.63) is 64.5 Å². The summed E-state index contributed by atoms with van der Waals surface area (Å²) in [6, 6.07) is 8.53. The van der Waals surface area contributed by atoms with Gasteiger partial charge in [-0.2, -0.15) is 13.2 Å². The van der Waals surface area contributed by atoms with E-state index in [1.165, 1.54) is 18.7 Å². The fraction of sp³-hybridized carbons (Fsp3) is 0.517. The van der Waals surface area contributed by atoms with Crippen LogP contribution in [0, 0.1) is 6.92 Å². The predicted molar refractivity (Wildman–Crippen MR) is 142 cm³/mol. The molecule has 1 atom stereocenters. The minimum absolute atomic E-state index is 0.121. The van der Waals surface area contributed by atoms with Crippen LogP contribution in [0.4, 0.5) is 13.2 Å². The minimum atomic E-state index is -4.37. The summed E-state index contributed by atoms with van der Waals surface area (Å²) < 4.78 is 38.2. The quantitative estimate of drug-likeness (QED) is 0.508. The first kappa shape index (κ1) is 30.3. The summed E-state index contributed by atoms with van der Waals surface area (Å²) in [4.78, 5) is 40.3. The number of aromatic nitrogens is 1. The van der Waals surface area contributed by atoms with Gasteiger partial charge in [0.1, 0.15) is 11.7 Å². The van der Waals surface area contributed by atoms with E-state index in [1.807, 2.05) is 32.9 Å². The lowest BCUT2D eigenvalue weighted by molar-refractivity contribution is -0.142. The highest BCUT2D eigenvalue weighted by Gasteiger charge is 2.39. The number of nitrogens with zero attached hydrogens (tertiary/aromatic N) is 2. The number of imide groups is 1. The highest BCUT2D eigenvalue weighted by atomic mass is 19.4. The number of rotatable bonds is 4. The summed E-state index contributed by atoms with van der Waals surface area (Å²) >= 11 is 0. The third-order valence-corrected chi connectivity index (χ3v) is 7.03. The van der Waals surface area contributed by atoms with Crippen LogP contribution in [0.5, 0.6) is 0 Å². The molecule has 7 nitrogen and oxygen atoms in total. The van der Waals surface area contributed by atoms with Gasteiger partial charge in [-0.05, 0) is 49.4 Å². The molecule has 1 aliphatic carbocycles. The molecule has 212 valence electrons. The van der Waals surface area contributed by atoms with Crippen molar-refractivity contribution in [3.8, 4) is 0 Å². The second kappa shape index (κ2) is 13.7. The lowest BCUT2D eigenvalue weighted by Crippen LogP contribution is -2.52. The number of hydrogen-bond acceptors (Lipinski definition) is 5. The number of piperidine rings is 1. The Kier molecular flexibility index (Phi) is 10.6. The van der Waals surface area contributed by atoms with Gasteiger partial charge in [-0.15, -0.1) is 0 Å².